The Morgan fingerprint density at radius 3 is 2.52 bits per heavy atom. The summed E-state index contributed by atoms with van der Waals surface area (Å²) in [5, 5.41) is 3.30. The van der Waals surface area contributed by atoms with Crippen LogP contribution in [0.3, 0.4) is 0 Å². The maximum atomic E-state index is 11.7. The molecule has 0 unspecified atom stereocenters. The van der Waals surface area contributed by atoms with Crippen molar-refractivity contribution in [1.82, 2.24) is 10.2 Å². The lowest BCUT2D eigenvalue weighted by molar-refractivity contribution is 0.0963. The highest BCUT2D eigenvalue weighted by atomic mass is 127. The molecular formula is C20H33IN4O2. The van der Waals surface area contributed by atoms with E-state index in [1.807, 2.05) is 13.0 Å². The number of piperidine rings is 1. The first kappa shape index (κ1) is 23.5. The number of guanidine groups is 1. The van der Waals surface area contributed by atoms with Crippen LogP contribution >= 0.6 is 24.0 Å². The lowest BCUT2D eigenvalue weighted by atomic mass is 9.86. The maximum absolute atomic E-state index is 11.7. The number of aliphatic imine (C=N–C) groups is 1. The standard InChI is InChI=1S/C20H32N4O2.HI/c1-4-26-19(25)24-12-10-17(11-13-24)23-18(21)22-15-20(2,3)14-16-8-6-5-7-9-16;/h5-9,17H,4,10-15H2,1-3H3,(H3,21,22,23);1H. The van der Waals surface area contributed by atoms with E-state index < -0.39 is 0 Å². The second kappa shape index (κ2) is 11.4. The first-order valence-corrected chi connectivity index (χ1v) is 9.42. The zero-order valence-electron chi connectivity index (χ0n) is 16.6. The van der Waals surface area contributed by atoms with Gasteiger partial charge in [-0.2, -0.15) is 0 Å². The number of ether oxygens (including phenoxy) is 1. The number of carbonyl (C=O) groups is 1. The van der Waals surface area contributed by atoms with Crippen molar-refractivity contribution in [3.8, 4) is 0 Å². The zero-order chi connectivity index (χ0) is 19.0. The highest BCUT2D eigenvalue weighted by Gasteiger charge is 2.24. The Hall–Kier alpha value is -1.51. The summed E-state index contributed by atoms with van der Waals surface area (Å²) in [5.74, 6) is 0.487. The van der Waals surface area contributed by atoms with Gasteiger partial charge in [-0.1, -0.05) is 44.2 Å². The lowest BCUT2D eigenvalue weighted by Crippen LogP contribution is -2.48. The molecule has 7 heteroatoms. The summed E-state index contributed by atoms with van der Waals surface area (Å²) in [6.45, 7) is 8.68. The Morgan fingerprint density at radius 2 is 1.93 bits per heavy atom. The van der Waals surface area contributed by atoms with Crippen molar-refractivity contribution in [1.29, 1.82) is 0 Å². The molecule has 1 aliphatic rings. The Balaban J connectivity index is 0.00000364. The topological polar surface area (TPSA) is 80.0 Å². The van der Waals surface area contributed by atoms with E-state index in [-0.39, 0.29) is 41.5 Å². The minimum atomic E-state index is -0.227. The van der Waals surface area contributed by atoms with Crippen LogP contribution in [0.1, 0.15) is 39.2 Å². The summed E-state index contributed by atoms with van der Waals surface area (Å²) in [6.07, 6.45) is 2.43. The SMILES string of the molecule is CCOC(=O)N1CCC(NC(N)=NCC(C)(C)Cc2ccccc2)CC1.I. The van der Waals surface area contributed by atoms with Crippen molar-refractivity contribution in [2.45, 2.75) is 46.1 Å². The van der Waals surface area contributed by atoms with E-state index in [9.17, 15) is 4.79 Å². The van der Waals surface area contributed by atoms with Crippen molar-refractivity contribution < 1.29 is 9.53 Å². The lowest BCUT2D eigenvalue weighted by Gasteiger charge is -2.32. The fourth-order valence-electron chi connectivity index (χ4n) is 3.18. The van der Waals surface area contributed by atoms with Gasteiger partial charge in [0.15, 0.2) is 5.96 Å². The number of nitrogens with two attached hydrogens (primary N) is 1. The largest absolute Gasteiger partial charge is 0.450 e. The van der Waals surface area contributed by atoms with Crippen molar-refractivity contribution in [2.75, 3.05) is 26.2 Å². The van der Waals surface area contributed by atoms with Crippen molar-refractivity contribution in [3.63, 3.8) is 0 Å². The highest BCUT2D eigenvalue weighted by Crippen LogP contribution is 2.22. The summed E-state index contributed by atoms with van der Waals surface area (Å²) in [7, 11) is 0. The third-order valence-corrected chi connectivity index (χ3v) is 4.58. The van der Waals surface area contributed by atoms with Gasteiger partial charge in [0.1, 0.15) is 0 Å². The normalized spacial score (nSPS) is 15.8. The van der Waals surface area contributed by atoms with Crippen molar-refractivity contribution in [3.05, 3.63) is 35.9 Å². The number of nitrogens with one attached hydrogen (secondary N) is 1. The Morgan fingerprint density at radius 1 is 1.30 bits per heavy atom. The van der Waals surface area contributed by atoms with E-state index in [0.29, 0.717) is 32.2 Å². The Kier molecular flexibility index (Phi) is 9.90. The fourth-order valence-corrected chi connectivity index (χ4v) is 3.18. The highest BCUT2D eigenvalue weighted by molar-refractivity contribution is 14.0. The molecule has 0 spiro atoms. The fraction of sp³-hybridized carbons (Fsp3) is 0.600. The van der Waals surface area contributed by atoms with Gasteiger partial charge in [-0.3, -0.25) is 4.99 Å². The van der Waals surface area contributed by atoms with Crippen LogP contribution < -0.4 is 11.1 Å². The Labute approximate surface area is 179 Å². The van der Waals surface area contributed by atoms with Gasteiger partial charge in [-0.05, 0) is 37.2 Å². The van der Waals surface area contributed by atoms with Crippen LogP contribution in [0.2, 0.25) is 0 Å². The molecule has 27 heavy (non-hydrogen) atoms. The Bertz CT molecular complexity index is 599. The van der Waals surface area contributed by atoms with Crippen LogP contribution in [-0.4, -0.2) is 49.2 Å². The van der Waals surface area contributed by atoms with Gasteiger partial charge >= 0.3 is 6.09 Å². The average Bonchev–Trinajstić information content (AvgIpc) is 2.61. The molecule has 0 saturated carbocycles. The molecule has 3 N–H and O–H groups in total. The van der Waals surface area contributed by atoms with Gasteiger partial charge in [0.25, 0.3) is 0 Å². The van der Waals surface area contributed by atoms with Crippen LogP contribution in [0, 0.1) is 5.41 Å². The third-order valence-electron chi connectivity index (χ3n) is 4.58. The molecule has 0 aliphatic carbocycles. The van der Waals surface area contributed by atoms with Gasteiger partial charge < -0.3 is 20.7 Å². The number of amides is 1. The van der Waals surface area contributed by atoms with E-state index >= 15 is 0 Å². The molecule has 1 aliphatic heterocycles. The number of hydrogen-bond donors (Lipinski definition) is 2. The van der Waals surface area contributed by atoms with Crippen LogP contribution in [-0.2, 0) is 11.2 Å². The molecule has 2 rings (SSSR count). The van der Waals surface area contributed by atoms with Gasteiger partial charge in [0, 0.05) is 25.7 Å². The summed E-state index contributed by atoms with van der Waals surface area (Å²) in [6, 6.07) is 10.7. The molecule has 0 bridgehead atoms. The van der Waals surface area contributed by atoms with Gasteiger partial charge in [-0.25, -0.2) is 4.79 Å². The zero-order valence-corrected chi connectivity index (χ0v) is 18.9. The van der Waals surface area contributed by atoms with Gasteiger partial charge in [0.2, 0.25) is 0 Å². The predicted octanol–water partition coefficient (Wildman–Crippen LogP) is 3.40. The summed E-state index contributed by atoms with van der Waals surface area (Å²) in [4.78, 5) is 18.0. The molecular weight excluding hydrogens is 455 g/mol. The quantitative estimate of drug-likeness (QED) is 0.366. The number of likely N-dealkylation sites (tertiary alicyclic amines) is 1. The molecule has 1 aromatic rings. The van der Waals surface area contributed by atoms with E-state index in [1.165, 1.54) is 5.56 Å². The summed E-state index contributed by atoms with van der Waals surface area (Å²) >= 11 is 0. The van der Waals surface area contributed by atoms with Crippen LogP contribution in [0.5, 0.6) is 0 Å². The molecule has 1 aromatic carbocycles. The molecule has 152 valence electrons. The van der Waals surface area contributed by atoms with Crippen LogP contribution in [0.4, 0.5) is 4.79 Å². The number of benzene rings is 1. The van der Waals surface area contributed by atoms with Crippen molar-refractivity contribution in [2.24, 2.45) is 16.1 Å². The molecule has 1 amide bonds. The first-order valence-electron chi connectivity index (χ1n) is 9.42. The molecule has 0 aromatic heterocycles. The van der Waals surface area contributed by atoms with Crippen LogP contribution in [0.25, 0.3) is 0 Å². The smallest absolute Gasteiger partial charge is 0.409 e. The number of hydrogen-bond acceptors (Lipinski definition) is 3. The minimum Gasteiger partial charge on any atom is -0.450 e. The number of nitrogens with zero attached hydrogens (tertiary/aromatic N) is 2. The van der Waals surface area contributed by atoms with Gasteiger partial charge in [-0.15, -0.1) is 24.0 Å². The maximum Gasteiger partial charge on any atom is 0.409 e. The summed E-state index contributed by atoms with van der Waals surface area (Å²) < 4.78 is 5.04. The first-order chi connectivity index (χ1) is 12.4. The molecule has 0 radical (unpaired) electrons. The molecule has 0 atom stereocenters. The van der Waals surface area contributed by atoms with E-state index in [1.54, 1.807) is 4.90 Å². The number of rotatable bonds is 6. The van der Waals surface area contributed by atoms with Crippen molar-refractivity contribution >= 4 is 36.0 Å². The molecule has 1 fully saturated rings. The van der Waals surface area contributed by atoms with E-state index in [0.717, 1.165) is 19.3 Å². The average molecular weight is 488 g/mol. The number of carbonyl (C=O) groups excluding carboxylic acids is 1. The predicted molar refractivity (Wildman–Crippen MR) is 121 cm³/mol. The number of halogens is 1. The molecule has 1 saturated heterocycles. The monoisotopic (exact) mass is 488 g/mol. The second-order valence-electron chi connectivity index (χ2n) is 7.63. The van der Waals surface area contributed by atoms with Gasteiger partial charge in [0.05, 0.1) is 6.61 Å². The third kappa shape index (κ3) is 8.36. The van der Waals surface area contributed by atoms with E-state index in [2.05, 4.69) is 48.4 Å². The summed E-state index contributed by atoms with van der Waals surface area (Å²) in [5.41, 5.74) is 7.43. The minimum absolute atomic E-state index is 0. The van der Waals surface area contributed by atoms with Crippen LogP contribution in [0.15, 0.2) is 35.3 Å². The molecule has 6 nitrogen and oxygen atoms in total. The second-order valence-corrected chi connectivity index (χ2v) is 7.63. The molecule has 1 heterocycles. The van der Waals surface area contributed by atoms with E-state index in [4.69, 9.17) is 10.5 Å².